The van der Waals surface area contributed by atoms with E-state index in [4.69, 9.17) is 0 Å². The fourth-order valence-electron chi connectivity index (χ4n) is 2.68. The van der Waals surface area contributed by atoms with Gasteiger partial charge in [-0.1, -0.05) is 6.07 Å². The van der Waals surface area contributed by atoms with Crippen molar-refractivity contribution in [2.75, 3.05) is 11.9 Å². The molecule has 0 spiro atoms. The molecule has 0 bridgehead atoms. The second kappa shape index (κ2) is 4.44. The molecule has 1 aliphatic heterocycles. The Hall–Kier alpha value is -1.84. The summed E-state index contributed by atoms with van der Waals surface area (Å²) in [4.78, 5) is 23.0. The van der Waals surface area contributed by atoms with Crippen LogP contribution in [0.3, 0.4) is 0 Å². The number of rotatable bonds is 2. The lowest BCUT2D eigenvalue weighted by Crippen LogP contribution is -2.24. The lowest BCUT2D eigenvalue weighted by atomic mass is 10.1. The highest BCUT2D eigenvalue weighted by atomic mass is 16.2. The van der Waals surface area contributed by atoms with Gasteiger partial charge in [0.1, 0.15) is 0 Å². The number of hydrogen-bond donors (Lipinski definition) is 2. The van der Waals surface area contributed by atoms with Gasteiger partial charge >= 0.3 is 0 Å². The van der Waals surface area contributed by atoms with E-state index < -0.39 is 0 Å². The van der Waals surface area contributed by atoms with Crippen LogP contribution in [0.1, 0.15) is 24.0 Å². The summed E-state index contributed by atoms with van der Waals surface area (Å²) in [6, 6.07) is 6.10. The van der Waals surface area contributed by atoms with Crippen LogP contribution >= 0.6 is 0 Å². The Bertz CT molecular complexity index is 511. The van der Waals surface area contributed by atoms with E-state index in [0.29, 0.717) is 13.0 Å². The summed E-state index contributed by atoms with van der Waals surface area (Å²) in [6.07, 6.45) is 3.75. The normalized spacial score (nSPS) is 21.6. The summed E-state index contributed by atoms with van der Waals surface area (Å²) in [5, 5.41) is 5.58. The molecular weight excluding hydrogens is 228 g/mol. The van der Waals surface area contributed by atoms with Crippen molar-refractivity contribution in [2.24, 2.45) is 5.92 Å². The lowest BCUT2D eigenvalue weighted by Gasteiger charge is -2.10. The Morgan fingerprint density at radius 3 is 2.89 bits per heavy atom. The predicted octanol–water partition coefficient (Wildman–Crippen LogP) is 1.25. The maximum atomic E-state index is 12.0. The van der Waals surface area contributed by atoms with Gasteiger partial charge in [-0.15, -0.1) is 0 Å². The van der Waals surface area contributed by atoms with Crippen LogP contribution in [0.4, 0.5) is 5.69 Å². The zero-order chi connectivity index (χ0) is 12.5. The van der Waals surface area contributed by atoms with Crippen molar-refractivity contribution in [3.8, 4) is 0 Å². The van der Waals surface area contributed by atoms with Crippen LogP contribution in [-0.2, 0) is 22.4 Å². The molecule has 0 radical (unpaired) electrons. The molecule has 2 N–H and O–H groups in total. The molecule has 1 heterocycles. The molecule has 1 atom stereocenters. The van der Waals surface area contributed by atoms with Crippen molar-refractivity contribution in [1.29, 1.82) is 0 Å². The highest BCUT2D eigenvalue weighted by Gasteiger charge is 2.28. The van der Waals surface area contributed by atoms with Crippen molar-refractivity contribution in [3.63, 3.8) is 0 Å². The van der Waals surface area contributed by atoms with Gasteiger partial charge < -0.3 is 10.6 Å². The topological polar surface area (TPSA) is 58.2 Å². The quantitative estimate of drug-likeness (QED) is 0.822. The van der Waals surface area contributed by atoms with Crippen LogP contribution in [0.2, 0.25) is 0 Å². The van der Waals surface area contributed by atoms with Gasteiger partial charge in [0.2, 0.25) is 11.8 Å². The summed E-state index contributed by atoms with van der Waals surface area (Å²) in [7, 11) is 0. The summed E-state index contributed by atoms with van der Waals surface area (Å²) in [5.74, 6) is -0.332. The second-order valence-corrected chi connectivity index (χ2v) is 5.03. The smallest absolute Gasteiger partial charge is 0.229 e. The number of anilines is 1. The lowest BCUT2D eigenvalue weighted by molar-refractivity contribution is -0.123. The van der Waals surface area contributed by atoms with E-state index >= 15 is 0 Å². The van der Waals surface area contributed by atoms with Crippen LogP contribution in [0.5, 0.6) is 0 Å². The van der Waals surface area contributed by atoms with E-state index in [0.717, 1.165) is 18.5 Å². The van der Waals surface area contributed by atoms with Crippen LogP contribution in [0, 0.1) is 5.92 Å². The standard InChI is InChI=1S/C14H16N2O2/c17-13-7-11(8-15-13)14(18)16-12-5-4-9-2-1-3-10(9)6-12/h4-6,11H,1-3,7-8H2,(H,15,17)(H,16,18). The molecule has 1 saturated heterocycles. The first-order valence-corrected chi connectivity index (χ1v) is 6.42. The van der Waals surface area contributed by atoms with Gasteiger partial charge in [0, 0.05) is 18.7 Å². The zero-order valence-electron chi connectivity index (χ0n) is 10.2. The number of nitrogens with one attached hydrogen (secondary N) is 2. The highest BCUT2D eigenvalue weighted by molar-refractivity contribution is 5.97. The monoisotopic (exact) mass is 244 g/mol. The van der Waals surface area contributed by atoms with Crippen molar-refractivity contribution < 1.29 is 9.59 Å². The second-order valence-electron chi connectivity index (χ2n) is 5.03. The minimum Gasteiger partial charge on any atom is -0.355 e. The average Bonchev–Trinajstić information content (AvgIpc) is 2.96. The first-order valence-electron chi connectivity index (χ1n) is 6.42. The van der Waals surface area contributed by atoms with E-state index in [-0.39, 0.29) is 17.7 Å². The highest BCUT2D eigenvalue weighted by Crippen LogP contribution is 2.25. The molecule has 1 fully saturated rings. The molecule has 18 heavy (non-hydrogen) atoms. The van der Waals surface area contributed by atoms with Gasteiger partial charge in [-0.3, -0.25) is 9.59 Å². The zero-order valence-corrected chi connectivity index (χ0v) is 10.2. The molecule has 94 valence electrons. The van der Waals surface area contributed by atoms with Gasteiger partial charge in [-0.05, 0) is 42.5 Å². The fraction of sp³-hybridized carbons (Fsp3) is 0.429. The number of benzene rings is 1. The van der Waals surface area contributed by atoms with Gasteiger partial charge in [0.25, 0.3) is 0 Å². The molecule has 1 aromatic carbocycles. The Labute approximate surface area is 106 Å². The van der Waals surface area contributed by atoms with Crippen LogP contribution in [0.25, 0.3) is 0 Å². The molecular formula is C14H16N2O2. The van der Waals surface area contributed by atoms with E-state index in [2.05, 4.69) is 22.8 Å². The van der Waals surface area contributed by atoms with E-state index in [1.54, 1.807) is 0 Å². The molecule has 4 nitrogen and oxygen atoms in total. The summed E-state index contributed by atoms with van der Waals surface area (Å²) < 4.78 is 0. The Kier molecular flexibility index (Phi) is 2.78. The van der Waals surface area contributed by atoms with Crippen LogP contribution in [0.15, 0.2) is 18.2 Å². The predicted molar refractivity (Wildman–Crippen MR) is 68.2 cm³/mol. The van der Waals surface area contributed by atoms with Crippen LogP contribution in [-0.4, -0.2) is 18.4 Å². The molecule has 1 aliphatic carbocycles. The number of carbonyl (C=O) groups is 2. The number of fused-ring (bicyclic) bond motifs is 1. The van der Waals surface area contributed by atoms with Gasteiger partial charge in [-0.2, -0.15) is 0 Å². The van der Waals surface area contributed by atoms with Crippen molar-refractivity contribution in [1.82, 2.24) is 5.32 Å². The van der Waals surface area contributed by atoms with Crippen molar-refractivity contribution >= 4 is 17.5 Å². The molecule has 2 amide bonds. The third-order valence-corrected chi connectivity index (χ3v) is 3.71. The SMILES string of the molecule is O=C1CC(C(=O)Nc2ccc3c(c2)CCC3)CN1. The first kappa shape index (κ1) is 11.3. The summed E-state index contributed by atoms with van der Waals surface area (Å²) >= 11 is 0. The molecule has 0 saturated carbocycles. The van der Waals surface area contributed by atoms with E-state index in [1.807, 2.05) is 6.07 Å². The van der Waals surface area contributed by atoms with Gasteiger partial charge in [0.05, 0.1) is 5.92 Å². The maximum absolute atomic E-state index is 12.0. The molecule has 1 unspecified atom stereocenters. The minimum absolute atomic E-state index is 0.0379. The number of aryl methyl sites for hydroxylation is 2. The van der Waals surface area contributed by atoms with Crippen LogP contribution < -0.4 is 10.6 Å². The molecule has 4 heteroatoms. The number of hydrogen-bond acceptors (Lipinski definition) is 2. The first-order chi connectivity index (χ1) is 8.72. The third-order valence-electron chi connectivity index (χ3n) is 3.71. The minimum atomic E-state index is -0.231. The van der Waals surface area contributed by atoms with Gasteiger partial charge in [0.15, 0.2) is 0 Å². The summed E-state index contributed by atoms with van der Waals surface area (Å²) in [5.41, 5.74) is 3.58. The third kappa shape index (κ3) is 2.10. The average molecular weight is 244 g/mol. The van der Waals surface area contributed by atoms with Gasteiger partial charge in [-0.25, -0.2) is 0 Å². The number of carbonyl (C=O) groups excluding carboxylic acids is 2. The van der Waals surface area contributed by atoms with E-state index in [1.165, 1.54) is 17.5 Å². The summed E-state index contributed by atoms with van der Waals surface area (Å²) in [6.45, 7) is 0.454. The van der Waals surface area contributed by atoms with Crippen molar-refractivity contribution in [2.45, 2.75) is 25.7 Å². The van der Waals surface area contributed by atoms with Crippen molar-refractivity contribution in [3.05, 3.63) is 29.3 Å². The number of amides is 2. The maximum Gasteiger partial charge on any atom is 0.229 e. The Morgan fingerprint density at radius 1 is 1.28 bits per heavy atom. The molecule has 0 aromatic heterocycles. The molecule has 1 aromatic rings. The Morgan fingerprint density at radius 2 is 2.11 bits per heavy atom. The largest absolute Gasteiger partial charge is 0.355 e. The molecule has 2 aliphatic rings. The molecule has 3 rings (SSSR count). The Balaban J connectivity index is 1.69. The fourth-order valence-corrected chi connectivity index (χ4v) is 2.68. The van der Waals surface area contributed by atoms with E-state index in [9.17, 15) is 9.59 Å².